The fourth-order valence-corrected chi connectivity index (χ4v) is 4.36. The van der Waals surface area contributed by atoms with Gasteiger partial charge in [0.2, 0.25) is 0 Å². The number of carbonyl (C=O) groups excluding carboxylic acids is 2. The summed E-state index contributed by atoms with van der Waals surface area (Å²) in [6.07, 6.45) is 0. The Bertz CT molecular complexity index is 1290. The van der Waals surface area contributed by atoms with Crippen molar-refractivity contribution in [3.63, 3.8) is 0 Å². The summed E-state index contributed by atoms with van der Waals surface area (Å²) in [5, 5.41) is 11.3. The molecule has 3 aromatic rings. The predicted molar refractivity (Wildman–Crippen MR) is 134 cm³/mol. The van der Waals surface area contributed by atoms with Crippen LogP contribution in [0.2, 0.25) is 0 Å². The Kier molecular flexibility index (Phi) is 6.92. The molecule has 180 valence electrons. The molecule has 6 heteroatoms. The molecule has 1 aliphatic rings. The maximum Gasteiger partial charge on any atom is 0.295 e. The first-order valence-corrected chi connectivity index (χ1v) is 11.6. The van der Waals surface area contributed by atoms with Gasteiger partial charge in [-0.1, -0.05) is 42.5 Å². The number of benzene rings is 3. The van der Waals surface area contributed by atoms with Gasteiger partial charge >= 0.3 is 0 Å². The van der Waals surface area contributed by atoms with Crippen LogP contribution in [-0.4, -0.2) is 35.4 Å². The van der Waals surface area contributed by atoms with Crippen molar-refractivity contribution in [2.45, 2.75) is 33.4 Å². The fraction of sp³-hybridized carbons (Fsp3) is 0.241. The fourth-order valence-electron chi connectivity index (χ4n) is 4.36. The summed E-state index contributed by atoms with van der Waals surface area (Å²) in [6.45, 7) is 6.50. The van der Waals surface area contributed by atoms with Gasteiger partial charge in [-0.25, -0.2) is 0 Å². The van der Waals surface area contributed by atoms with Crippen LogP contribution in [0.1, 0.15) is 40.8 Å². The van der Waals surface area contributed by atoms with E-state index in [1.54, 1.807) is 25.3 Å². The number of amides is 1. The molecular formula is C29H29NO5. The first-order chi connectivity index (χ1) is 16.8. The second kappa shape index (κ2) is 10.1. The van der Waals surface area contributed by atoms with Crippen molar-refractivity contribution in [1.29, 1.82) is 0 Å². The molecule has 1 fully saturated rings. The summed E-state index contributed by atoms with van der Waals surface area (Å²) in [6, 6.07) is 19.3. The number of rotatable bonds is 7. The number of methoxy groups -OCH3 is 1. The van der Waals surface area contributed by atoms with Gasteiger partial charge in [0.25, 0.3) is 11.7 Å². The van der Waals surface area contributed by atoms with Crippen molar-refractivity contribution in [3.8, 4) is 11.5 Å². The van der Waals surface area contributed by atoms with Crippen LogP contribution in [0.5, 0.6) is 11.5 Å². The highest BCUT2D eigenvalue weighted by molar-refractivity contribution is 6.46. The molecule has 1 heterocycles. The third-order valence-electron chi connectivity index (χ3n) is 6.36. The van der Waals surface area contributed by atoms with Crippen LogP contribution in [0, 0.1) is 13.8 Å². The van der Waals surface area contributed by atoms with E-state index in [9.17, 15) is 14.7 Å². The summed E-state index contributed by atoms with van der Waals surface area (Å²) in [5.41, 5.74) is 4.08. The first-order valence-electron chi connectivity index (χ1n) is 11.6. The molecule has 6 nitrogen and oxygen atoms in total. The lowest BCUT2D eigenvalue weighted by atomic mass is 9.94. The zero-order valence-electron chi connectivity index (χ0n) is 20.4. The Hall–Kier alpha value is -4.06. The second-order valence-corrected chi connectivity index (χ2v) is 8.54. The highest BCUT2D eigenvalue weighted by atomic mass is 16.5. The third kappa shape index (κ3) is 4.64. The number of Topliss-reactive ketones (excluding diaryl/α,β-unsaturated/α-hetero) is 1. The number of ether oxygens (including phenoxy) is 2. The van der Waals surface area contributed by atoms with E-state index in [4.69, 9.17) is 9.47 Å². The third-order valence-corrected chi connectivity index (χ3v) is 6.36. The molecule has 35 heavy (non-hydrogen) atoms. The van der Waals surface area contributed by atoms with Gasteiger partial charge in [-0.15, -0.1) is 0 Å². The van der Waals surface area contributed by atoms with Crippen molar-refractivity contribution in [3.05, 3.63) is 100 Å². The van der Waals surface area contributed by atoms with Gasteiger partial charge in [-0.2, -0.15) is 0 Å². The average molecular weight is 472 g/mol. The average Bonchev–Trinajstić information content (AvgIpc) is 3.11. The second-order valence-electron chi connectivity index (χ2n) is 8.54. The SMILES string of the molecule is CCOc1ccc(C2/C(=C(/O)c3ccc(C)c(C)c3)C(=O)C(=O)N2Cc2ccccc2OC)cc1. The standard InChI is InChI=1S/C29H29NO5/c1-5-35-23-14-12-20(13-15-23)26-25(27(31)21-11-10-18(2)19(3)16-21)28(32)29(33)30(26)17-22-8-6-7-9-24(22)34-4/h6-16,26,31H,5,17H2,1-4H3/b27-25-. The lowest BCUT2D eigenvalue weighted by Gasteiger charge is -2.26. The molecule has 1 atom stereocenters. The normalized spacial score (nSPS) is 17.0. The topological polar surface area (TPSA) is 76.1 Å². The maximum atomic E-state index is 13.3. The van der Waals surface area contributed by atoms with E-state index in [0.29, 0.717) is 29.2 Å². The zero-order valence-corrected chi connectivity index (χ0v) is 20.4. The molecule has 4 rings (SSSR count). The van der Waals surface area contributed by atoms with E-state index < -0.39 is 17.7 Å². The van der Waals surface area contributed by atoms with Crippen molar-refractivity contribution >= 4 is 17.4 Å². The number of para-hydroxylation sites is 1. The molecule has 0 bridgehead atoms. The van der Waals surface area contributed by atoms with Crippen LogP contribution in [-0.2, 0) is 16.1 Å². The molecular weight excluding hydrogens is 442 g/mol. The zero-order chi connectivity index (χ0) is 25.1. The van der Waals surface area contributed by atoms with Crippen LogP contribution in [0.25, 0.3) is 5.76 Å². The van der Waals surface area contributed by atoms with Crippen molar-refractivity contribution in [2.24, 2.45) is 0 Å². The summed E-state index contributed by atoms with van der Waals surface area (Å²) < 4.78 is 11.0. The summed E-state index contributed by atoms with van der Waals surface area (Å²) >= 11 is 0. The molecule has 1 saturated heterocycles. The van der Waals surface area contributed by atoms with Crippen LogP contribution in [0.3, 0.4) is 0 Å². The molecule has 0 aliphatic carbocycles. The minimum Gasteiger partial charge on any atom is -0.507 e. The molecule has 1 aliphatic heterocycles. The van der Waals surface area contributed by atoms with E-state index in [2.05, 4.69) is 0 Å². The smallest absolute Gasteiger partial charge is 0.295 e. The Labute approximate surface area is 205 Å². The molecule has 0 aromatic heterocycles. The summed E-state index contributed by atoms with van der Waals surface area (Å²) in [4.78, 5) is 28.1. The van der Waals surface area contributed by atoms with E-state index in [0.717, 1.165) is 16.7 Å². The molecule has 1 unspecified atom stereocenters. The quantitative estimate of drug-likeness (QED) is 0.286. The maximum absolute atomic E-state index is 13.3. The lowest BCUT2D eigenvalue weighted by molar-refractivity contribution is -0.140. The van der Waals surface area contributed by atoms with Gasteiger partial charge in [0.15, 0.2) is 0 Å². The van der Waals surface area contributed by atoms with Crippen molar-refractivity contribution in [1.82, 2.24) is 4.90 Å². The minimum atomic E-state index is -0.766. The molecule has 0 spiro atoms. The van der Waals surface area contributed by atoms with E-state index >= 15 is 0 Å². The monoisotopic (exact) mass is 471 g/mol. The number of hydrogen-bond acceptors (Lipinski definition) is 5. The van der Waals surface area contributed by atoms with Gasteiger partial charge in [-0.05, 0) is 61.7 Å². The molecule has 1 amide bonds. The number of likely N-dealkylation sites (tertiary alicyclic amines) is 1. The van der Waals surface area contributed by atoms with Crippen molar-refractivity contribution < 1.29 is 24.2 Å². The first kappa shape index (κ1) is 24.1. The summed E-state index contributed by atoms with van der Waals surface area (Å²) in [7, 11) is 1.57. The molecule has 1 N–H and O–H groups in total. The number of aryl methyl sites for hydroxylation is 2. The van der Waals surface area contributed by atoms with Crippen LogP contribution < -0.4 is 9.47 Å². The number of aliphatic hydroxyl groups is 1. The summed E-state index contributed by atoms with van der Waals surface area (Å²) in [5.74, 6) is -0.261. The predicted octanol–water partition coefficient (Wildman–Crippen LogP) is 5.33. The Morgan fingerprint density at radius 3 is 2.34 bits per heavy atom. The highest BCUT2D eigenvalue weighted by Gasteiger charge is 2.46. The Morgan fingerprint density at radius 2 is 1.69 bits per heavy atom. The Morgan fingerprint density at radius 1 is 0.971 bits per heavy atom. The van der Waals surface area contributed by atoms with E-state index in [1.807, 2.05) is 69.3 Å². The minimum absolute atomic E-state index is 0.0670. The number of nitrogens with zero attached hydrogens (tertiary/aromatic N) is 1. The molecule has 0 saturated carbocycles. The van der Waals surface area contributed by atoms with Crippen LogP contribution in [0.4, 0.5) is 0 Å². The number of ketones is 1. The van der Waals surface area contributed by atoms with Gasteiger partial charge in [0, 0.05) is 11.1 Å². The number of aliphatic hydroxyl groups excluding tert-OH is 1. The lowest BCUT2D eigenvalue weighted by Crippen LogP contribution is -2.29. The van der Waals surface area contributed by atoms with Gasteiger partial charge in [-0.3, -0.25) is 9.59 Å². The molecule has 3 aromatic carbocycles. The van der Waals surface area contributed by atoms with E-state index in [-0.39, 0.29) is 17.9 Å². The van der Waals surface area contributed by atoms with Gasteiger partial charge in [0.1, 0.15) is 17.3 Å². The van der Waals surface area contributed by atoms with Gasteiger partial charge in [0.05, 0.1) is 31.9 Å². The van der Waals surface area contributed by atoms with Crippen molar-refractivity contribution in [2.75, 3.05) is 13.7 Å². The van der Waals surface area contributed by atoms with Gasteiger partial charge < -0.3 is 19.5 Å². The van der Waals surface area contributed by atoms with Crippen LogP contribution >= 0.6 is 0 Å². The highest BCUT2D eigenvalue weighted by Crippen LogP contribution is 2.41. The number of carbonyl (C=O) groups is 2. The van der Waals surface area contributed by atoms with E-state index in [1.165, 1.54) is 4.90 Å². The Balaban J connectivity index is 1.86. The molecule has 0 radical (unpaired) electrons. The largest absolute Gasteiger partial charge is 0.507 e. The van der Waals surface area contributed by atoms with Crippen LogP contribution in [0.15, 0.2) is 72.3 Å². The number of hydrogen-bond donors (Lipinski definition) is 1.